The first-order valence-corrected chi connectivity index (χ1v) is 6.70. The van der Waals surface area contributed by atoms with Crippen LogP contribution in [0.1, 0.15) is 33.3 Å². The molecule has 0 saturated heterocycles. The number of hydrogen-bond acceptors (Lipinski definition) is 2. The molecule has 2 atom stereocenters. The van der Waals surface area contributed by atoms with E-state index in [0.717, 1.165) is 11.5 Å². The summed E-state index contributed by atoms with van der Waals surface area (Å²) in [7, 11) is 0. The van der Waals surface area contributed by atoms with Crippen molar-refractivity contribution in [1.29, 1.82) is 0 Å². The Kier molecular flexibility index (Phi) is 3.70. The zero-order chi connectivity index (χ0) is 14.0. The van der Waals surface area contributed by atoms with Crippen molar-refractivity contribution < 1.29 is 9.47 Å². The summed E-state index contributed by atoms with van der Waals surface area (Å²) in [6, 6.07) is 6.03. The molecular weight excluding hydrogens is 236 g/mol. The highest BCUT2D eigenvalue weighted by Gasteiger charge is 2.37. The quantitative estimate of drug-likeness (QED) is 0.730. The van der Waals surface area contributed by atoms with Gasteiger partial charge in [-0.3, -0.25) is 0 Å². The number of ether oxygens (including phenoxy) is 2. The summed E-state index contributed by atoms with van der Waals surface area (Å²) in [4.78, 5) is 0. The zero-order valence-corrected chi connectivity index (χ0v) is 12.4. The van der Waals surface area contributed by atoms with Crippen LogP contribution in [0, 0.1) is 6.92 Å². The van der Waals surface area contributed by atoms with Crippen molar-refractivity contribution >= 4 is 0 Å². The third-order valence-electron chi connectivity index (χ3n) is 3.40. The number of fused-ring (bicyclic) bond motifs is 1. The van der Waals surface area contributed by atoms with Crippen LogP contribution in [-0.4, -0.2) is 11.7 Å². The first kappa shape index (κ1) is 13.7. The molecule has 0 fully saturated rings. The molecule has 1 aromatic carbocycles. The van der Waals surface area contributed by atoms with Gasteiger partial charge >= 0.3 is 0 Å². The molecule has 0 unspecified atom stereocenters. The molecule has 0 aromatic heterocycles. The summed E-state index contributed by atoms with van der Waals surface area (Å²) in [5, 5.41) is 0. The van der Waals surface area contributed by atoms with E-state index >= 15 is 0 Å². The van der Waals surface area contributed by atoms with Gasteiger partial charge in [0.2, 0.25) is 0 Å². The Hall–Kier alpha value is -1.70. The molecule has 1 aliphatic rings. The van der Waals surface area contributed by atoms with Gasteiger partial charge in [-0.05, 0) is 58.4 Å². The van der Waals surface area contributed by atoms with E-state index in [1.807, 2.05) is 31.2 Å². The lowest BCUT2D eigenvalue weighted by Crippen LogP contribution is -2.47. The van der Waals surface area contributed by atoms with E-state index in [0.29, 0.717) is 0 Å². The molecule has 2 heteroatoms. The average Bonchev–Trinajstić information content (AvgIpc) is 2.30. The molecule has 102 valence electrons. The monoisotopic (exact) mass is 258 g/mol. The fourth-order valence-corrected chi connectivity index (χ4v) is 2.02. The second kappa shape index (κ2) is 5.12. The lowest BCUT2D eigenvalue weighted by Gasteiger charge is -2.38. The first-order valence-electron chi connectivity index (χ1n) is 6.70. The van der Waals surface area contributed by atoms with Crippen LogP contribution in [0.5, 0.6) is 11.5 Å². The maximum Gasteiger partial charge on any atom is 0.162 e. The van der Waals surface area contributed by atoms with Gasteiger partial charge in [-0.25, -0.2) is 0 Å². The lowest BCUT2D eigenvalue weighted by molar-refractivity contribution is -0.0117. The molecule has 0 spiro atoms. The Morgan fingerprint density at radius 2 is 2.00 bits per heavy atom. The Morgan fingerprint density at radius 3 is 2.68 bits per heavy atom. The Balaban J connectivity index is 2.29. The van der Waals surface area contributed by atoms with E-state index in [4.69, 9.17) is 9.47 Å². The van der Waals surface area contributed by atoms with Crippen LogP contribution >= 0.6 is 0 Å². The van der Waals surface area contributed by atoms with Crippen LogP contribution in [0.15, 0.2) is 42.0 Å². The summed E-state index contributed by atoms with van der Waals surface area (Å²) in [5.74, 6) is 1.65. The summed E-state index contributed by atoms with van der Waals surface area (Å²) >= 11 is 0. The average molecular weight is 258 g/mol. The first-order chi connectivity index (χ1) is 8.90. The minimum absolute atomic E-state index is 0.0236. The third kappa shape index (κ3) is 3.01. The number of benzene rings is 1. The molecule has 0 aliphatic carbocycles. The molecular formula is C17H22O2. The molecule has 2 nitrogen and oxygen atoms in total. The van der Waals surface area contributed by atoms with E-state index in [-0.39, 0.29) is 6.10 Å². The van der Waals surface area contributed by atoms with Gasteiger partial charge in [0.25, 0.3) is 0 Å². The summed E-state index contributed by atoms with van der Waals surface area (Å²) in [5.41, 5.74) is 2.00. The molecule has 0 N–H and O–H groups in total. The molecule has 1 aromatic rings. The van der Waals surface area contributed by atoms with Crippen molar-refractivity contribution in [3.05, 3.63) is 47.6 Å². The van der Waals surface area contributed by atoms with Crippen molar-refractivity contribution in [3.8, 4) is 11.5 Å². The van der Waals surface area contributed by atoms with Crippen LogP contribution in [0.3, 0.4) is 0 Å². The highest BCUT2D eigenvalue weighted by molar-refractivity contribution is 5.45. The van der Waals surface area contributed by atoms with Crippen LogP contribution in [0.4, 0.5) is 0 Å². The van der Waals surface area contributed by atoms with Crippen molar-refractivity contribution in [3.63, 3.8) is 0 Å². The summed E-state index contributed by atoms with van der Waals surface area (Å²) < 4.78 is 12.1. The lowest BCUT2D eigenvalue weighted by atomic mass is 9.97. The maximum absolute atomic E-state index is 6.15. The second-order valence-electron chi connectivity index (χ2n) is 5.60. The van der Waals surface area contributed by atoms with Gasteiger partial charge < -0.3 is 9.47 Å². The van der Waals surface area contributed by atoms with E-state index in [9.17, 15) is 0 Å². The minimum Gasteiger partial charge on any atom is -0.482 e. The van der Waals surface area contributed by atoms with Crippen molar-refractivity contribution in [2.45, 2.75) is 46.3 Å². The predicted molar refractivity (Wildman–Crippen MR) is 78.9 cm³/mol. The minimum atomic E-state index is -0.438. The highest BCUT2D eigenvalue weighted by Crippen LogP contribution is 2.39. The van der Waals surface area contributed by atoms with Crippen LogP contribution < -0.4 is 9.47 Å². The third-order valence-corrected chi connectivity index (χ3v) is 3.40. The summed E-state index contributed by atoms with van der Waals surface area (Å²) in [6.07, 6.45) is 6.16. The Morgan fingerprint density at radius 1 is 1.26 bits per heavy atom. The predicted octanol–water partition coefficient (Wildman–Crippen LogP) is 4.44. The van der Waals surface area contributed by atoms with E-state index in [1.54, 1.807) is 0 Å². The van der Waals surface area contributed by atoms with Gasteiger partial charge in [0, 0.05) is 0 Å². The van der Waals surface area contributed by atoms with E-state index < -0.39 is 5.60 Å². The number of aryl methyl sites for hydroxylation is 1. The molecule has 2 rings (SSSR count). The largest absolute Gasteiger partial charge is 0.482 e. The van der Waals surface area contributed by atoms with Crippen LogP contribution in [-0.2, 0) is 0 Å². The van der Waals surface area contributed by atoms with Gasteiger partial charge in [-0.15, -0.1) is 0 Å². The maximum atomic E-state index is 6.15. The van der Waals surface area contributed by atoms with Crippen molar-refractivity contribution in [2.75, 3.05) is 0 Å². The van der Waals surface area contributed by atoms with E-state index in [1.165, 1.54) is 11.1 Å². The molecule has 0 radical (unpaired) electrons. The molecule has 19 heavy (non-hydrogen) atoms. The Bertz CT molecular complexity index is 524. The van der Waals surface area contributed by atoms with Crippen molar-refractivity contribution in [2.24, 2.45) is 0 Å². The molecule has 0 bridgehead atoms. The summed E-state index contributed by atoms with van der Waals surface area (Å²) in [6.45, 7) is 10.3. The van der Waals surface area contributed by atoms with Crippen LogP contribution in [0.25, 0.3) is 0 Å². The van der Waals surface area contributed by atoms with Gasteiger partial charge in [-0.2, -0.15) is 0 Å². The smallest absolute Gasteiger partial charge is 0.162 e. The molecule has 0 saturated carbocycles. The SMILES string of the molecule is CC(C)=C/C=C\[C@]1(C)Oc2cc(C)ccc2O[C@H]1C. The fourth-order valence-electron chi connectivity index (χ4n) is 2.02. The number of rotatable bonds is 2. The normalized spacial score (nSPS) is 25.4. The van der Waals surface area contributed by atoms with Gasteiger partial charge in [0.15, 0.2) is 17.1 Å². The Labute approximate surface area is 115 Å². The number of hydrogen-bond donors (Lipinski definition) is 0. The number of allylic oxidation sites excluding steroid dienone is 3. The van der Waals surface area contributed by atoms with E-state index in [2.05, 4.69) is 39.8 Å². The highest BCUT2D eigenvalue weighted by atomic mass is 16.6. The zero-order valence-electron chi connectivity index (χ0n) is 12.4. The molecule has 1 heterocycles. The molecule has 1 aliphatic heterocycles. The second-order valence-corrected chi connectivity index (χ2v) is 5.60. The standard InChI is InChI=1S/C17H22O2/c1-12(2)7-6-10-17(5)14(4)18-15-9-8-13(3)11-16(15)19-17/h6-11,14H,1-5H3/b10-6-/t14-,17-/m0/s1. The fraction of sp³-hybridized carbons (Fsp3) is 0.412. The van der Waals surface area contributed by atoms with Gasteiger partial charge in [0.05, 0.1) is 0 Å². The van der Waals surface area contributed by atoms with Gasteiger partial charge in [-0.1, -0.05) is 23.8 Å². The van der Waals surface area contributed by atoms with Crippen molar-refractivity contribution in [1.82, 2.24) is 0 Å². The van der Waals surface area contributed by atoms with Gasteiger partial charge in [0.1, 0.15) is 6.10 Å². The topological polar surface area (TPSA) is 18.5 Å². The van der Waals surface area contributed by atoms with Crippen LogP contribution in [0.2, 0.25) is 0 Å². The molecule has 0 amide bonds.